The molecule has 0 heterocycles. The lowest BCUT2D eigenvalue weighted by Crippen LogP contribution is -2.45. The summed E-state index contributed by atoms with van der Waals surface area (Å²) in [7, 11) is 0. The summed E-state index contributed by atoms with van der Waals surface area (Å²) in [6.07, 6.45) is 0.242. The fourth-order valence-electron chi connectivity index (χ4n) is 0.348. The first-order valence-corrected chi connectivity index (χ1v) is 2.63. The Morgan fingerprint density at radius 2 is 2.12 bits per heavy atom. The molecule has 4 nitrogen and oxygen atoms in total. The van der Waals surface area contributed by atoms with Gasteiger partial charge in [0, 0.05) is 6.61 Å². The van der Waals surface area contributed by atoms with E-state index >= 15 is 0 Å². The number of hydrogen-bond donors (Lipinski definition) is 4. The zero-order chi connectivity index (χ0) is 6.41. The van der Waals surface area contributed by atoms with Crippen LogP contribution in [0.5, 0.6) is 0 Å². The summed E-state index contributed by atoms with van der Waals surface area (Å²) in [6, 6.07) is 0. The van der Waals surface area contributed by atoms with Crippen molar-refractivity contribution in [2.75, 3.05) is 13.2 Å². The van der Waals surface area contributed by atoms with Crippen LogP contribution in [0.1, 0.15) is 6.42 Å². The molecule has 0 atom stereocenters. The molecule has 0 saturated heterocycles. The van der Waals surface area contributed by atoms with Crippen molar-refractivity contribution >= 4 is 0 Å². The van der Waals surface area contributed by atoms with Gasteiger partial charge < -0.3 is 16.6 Å². The van der Waals surface area contributed by atoms with Gasteiger partial charge in [0.05, 0.1) is 0 Å². The van der Waals surface area contributed by atoms with Crippen molar-refractivity contribution in [2.45, 2.75) is 12.7 Å². The van der Waals surface area contributed by atoms with Gasteiger partial charge in [-0.3, -0.25) is 5.32 Å². The summed E-state index contributed by atoms with van der Waals surface area (Å²) in [5.41, 5.74) is 10.2. The van der Waals surface area contributed by atoms with E-state index in [0.29, 0.717) is 13.0 Å². The topological polar surface area (TPSA) is 84.3 Å². The summed E-state index contributed by atoms with van der Waals surface area (Å²) in [5, 5.41) is 11.0. The fourth-order valence-corrected chi connectivity index (χ4v) is 0.348. The van der Waals surface area contributed by atoms with E-state index in [1.807, 2.05) is 0 Å². The molecule has 0 spiro atoms. The number of hydrogen-bond acceptors (Lipinski definition) is 4. The molecule has 4 heteroatoms. The molecular formula is C4H13N3O. The Morgan fingerprint density at radius 1 is 1.50 bits per heavy atom. The van der Waals surface area contributed by atoms with E-state index in [0.717, 1.165) is 0 Å². The molecule has 0 fully saturated rings. The number of nitrogens with two attached hydrogens (primary N) is 2. The second-order valence-electron chi connectivity index (χ2n) is 1.56. The molecule has 50 valence electrons. The van der Waals surface area contributed by atoms with Crippen LogP contribution in [0.15, 0.2) is 0 Å². The lowest BCUT2D eigenvalue weighted by atomic mass is 10.4. The van der Waals surface area contributed by atoms with E-state index in [4.69, 9.17) is 16.6 Å². The summed E-state index contributed by atoms with van der Waals surface area (Å²) in [5.74, 6) is 0. The van der Waals surface area contributed by atoms with Crippen molar-refractivity contribution in [3.63, 3.8) is 0 Å². The number of aliphatic hydroxyl groups is 1. The van der Waals surface area contributed by atoms with Crippen LogP contribution in [0.3, 0.4) is 0 Å². The highest BCUT2D eigenvalue weighted by Crippen LogP contribution is 1.69. The van der Waals surface area contributed by atoms with Crippen LogP contribution in [-0.4, -0.2) is 24.5 Å². The lowest BCUT2D eigenvalue weighted by Gasteiger charge is -2.05. The first-order valence-electron chi connectivity index (χ1n) is 2.63. The molecule has 0 aromatic heterocycles. The number of aliphatic hydroxyl groups excluding tert-OH is 1. The van der Waals surface area contributed by atoms with Gasteiger partial charge in [-0.1, -0.05) is 0 Å². The summed E-state index contributed by atoms with van der Waals surface area (Å²) in [4.78, 5) is 0. The van der Waals surface area contributed by atoms with E-state index < -0.39 is 6.29 Å². The molecule has 0 saturated carbocycles. The fraction of sp³-hybridized carbons (Fsp3) is 1.00. The number of rotatable bonds is 4. The van der Waals surface area contributed by atoms with Gasteiger partial charge in [0.25, 0.3) is 0 Å². The molecule has 0 aliphatic heterocycles. The van der Waals surface area contributed by atoms with Crippen LogP contribution in [-0.2, 0) is 0 Å². The van der Waals surface area contributed by atoms with Gasteiger partial charge >= 0.3 is 0 Å². The molecular weight excluding hydrogens is 106 g/mol. The highest BCUT2D eigenvalue weighted by molar-refractivity contribution is 4.47. The predicted octanol–water partition coefficient (Wildman–Crippen LogP) is -1.84. The molecule has 0 aliphatic rings. The van der Waals surface area contributed by atoms with Crippen LogP contribution in [0, 0.1) is 0 Å². The van der Waals surface area contributed by atoms with Crippen LogP contribution in [0.2, 0.25) is 0 Å². The summed E-state index contributed by atoms with van der Waals surface area (Å²) < 4.78 is 0. The van der Waals surface area contributed by atoms with Crippen molar-refractivity contribution in [3.8, 4) is 0 Å². The average Bonchev–Trinajstić information content (AvgIpc) is 1.66. The Balaban J connectivity index is 2.72. The van der Waals surface area contributed by atoms with Gasteiger partial charge in [-0.25, -0.2) is 0 Å². The van der Waals surface area contributed by atoms with Gasteiger partial charge in [0.1, 0.15) is 6.29 Å². The predicted molar refractivity (Wildman–Crippen MR) is 31.9 cm³/mol. The molecule has 0 aliphatic carbocycles. The van der Waals surface area contributed by atoms with Gasteiger partial charge in [0.2, 0.25) is 0 Å². The minimum atomic E-state index is -0.457. The van der Waals surface area contributed by atoms with Crippen LogP contribution >= 0.6 is 0 Å². The zero-order valence-electron chi connectivity index (χ0n) is 4.80. The van der Waals surface area contributed by atoms with E-state index in [9.17, 15) is 0 Å². The highest BCUT2D eigenvalue weighted by Gasteiger charge is 1.88. The molecule has 0 radical (unpaired) electrons. The van der Waals surface area contributed by atoms with Crippen molar-refractivity contribution in [1.82, 2.24) is 5.32 Å². The molecule has 0 bridgehead atoms. The SMILES string of the molecule is NC(N)NCCCO. The van der Waals surface area contributed by atoms with Crippen molar-refractivity contribution in [2.24, 2.45) is 11.5 Å². The monoisotopic (exact) mass is 119 g/mol. The molecule has 0 amide bonds. The Morgan fingerprint density at radius 3 is 2.50 bits per heavy atom. The Kier molecular flexibility index (Phi) is 4.89. The summed E-state index contributed by atoms with van der Waals surface area (Å²) in [6.45, 7) is 0.855. The van der Waals surface area contributed by atoms with E-state index in [-0.39, 0.29) is 6.61 Å². The maximum atomic E-state index is 8.26. The van der Waals surface area contributed by atoms with Crippen molar-refractivity contribution < 1.29 is 5.11 Å². The Labute approximate surface area is 48.9 Å². The molecule has 0 rings (SSSR count). The standard InChI is InChI=1S/C4H13N3O/c5-4(6)7-2-1-3-8/h4,7-8H,1-3,5-6H2. The Bertz CT molecular complexity index is 48.5. The maximum absolute atomic E-state index is 8.26. The second kappa shape index (κ2) is 4.99. The highest BCUT2D eigenvalue weighted by atomic mass is 16.3. The molecule has 0 aromatic carbocycles. The minimum Gasteiger partial charge on any atom is -0.396 e. The normalized spacial score (nSPS) is 10.5. The van der Waals surface area contributed by atoms with Gasteiger partial charge in [-0.15, -0.1) is 0 Å². The molecule has 0 aromatic rings. The number of nitrogens with one attached hydrogen (secondary N) is 1. The zero-order valence-corrected chi connectivity index (χ0v) is 4.80. The maximum Gasteiger partial charge on any atom is 0.106 e. The first-order chi connectivity index (χ1) is 3.77. The molecule has 6 N–H and O–H groups in total. The lowest BCUT2D eigenvalue weighted by molar-refractivity contribution is 0.283. The average molecular weight is 119 g/mol. The third-order valence-corrected chi connectivity index (χ3v) is 0.715. The van der Waals surface area contributed by atoms with Crippen LogP contribution in [0.4, 0.5) is 0 Å². The molecule has 8 heavy (non-hydrogen) atoms. The third-order valence-electron chi connectivity index (χ3n) is 0.715. The van der Waals surface area contributed by atoms with E-state index in [1.165, 1.54) is 0 Å². The third kappa shape index (κ3) is 5.84. The second-order valence-corrected chi connectivity index (χ2v) is 1.56. The Hall–Kier alpha value is -0.160. The van der Waals surface area contributed by atoms with E-state index in [1.54, 1.807) is 0 Å². The van der Waals surface area contributed by atoms with E-state index in [2.05, 4.69) is 5.32 Å². The van der Waals surface area contributed by atoms with Gasteiger partial charge in [-0.05, 0) is 13.0 Å². The smallest absolute Gasteiger partial charge is 0.106 e. The largest absolute Gasteiger partial charge is 0.396 e. The molecule has 0 unspecified atom stereocenters. The summed E-state index contributed by atoms with van der Waals surface area (Å²) >= 11 is 0. The van der Waals surface area contributed by atoms with Crippen molar-refractivity contribution in [1.29, 1.82) is 0 Å². The van der Waals surface area contributed by atoms with Crippen LogP contribution < -0.4 is 16.8 Å². The first kappa shape index (κ1) is 7.84. The van der Waals surface area contributed by atoms with Crippen LogP contribution in [0.25, 0.3) is 0 Å². The quantitative estimate of drug-likeness (QED) is 0.259. The van der Waals surface area contributed by atoms with Gasteiger partial charge in [-0.2, -0.15) is 0 Å². The minimum absolute atomic E-state index is 0.180. The van der Waals surface area contributed by atoms with Crippen molar-refractivity contribution in [3.05, 3.63) is 0 Å². The van der Waals surface area contributed by atoms with Gasteiger partial charge in [0.15, 0.2) is 0 Å².